The van der Waals surface area contributed by atoms with E-state index in [1.807, 2.05) is 0 Å². The van der Waals surface area contributed by atoms with Crippen molar-refractivity contribution in [3.05, 3.63) is 29.3 Å². The van der Waals surface area contributed by atoms with E-state index in [1.165, 1.54) is 12.1 Å². The first-order chi connectivity index (χ1) is 17.3. The van der Waals surface area contributed by atoms with Crippen LogP contribution in [0.5, 0.6) is 0 Å². The van der Waals surface area contributed by atoms with E-state index in [0.717, 1.165) is 17.7 Å². The number of aliphatic carboxylic acids is 1. The average molecular weight is 504 g/mol. The molecule has 1 aromatic carbocycles. The van der Waals surface area contributed by atoms with Gasteiger partial charge < -0.3 is 19.9 Å². The van der Waals surface area contributed by atoms with Gasteiger partial charge in [0.25, 0.3) is 11.8 Å². The lowest BCUT2D eigenvalue weighted by Crippen LogP contribution is -2.54. The number of benzene rings is 1. The molecule has 1 saturated heterocycles. The van der Waals surface area contributed by atoms with Crippen molar-refractivity contribution in [1.29, 1.82) is 0 Å². The van der Waals surface area contributed by atoms with E-state index < -0.39 is 35.6 Å². The fraction of sp³-hybridized carbons (Fsp3) is 0.500. The summed E-state index contributed by atoms with van der Waals surface area (Å²) in [6.07, 6.45) is 2.31. The van der Waals surface area contributed by atoms with Gasteiger partial charge in [0.1, 0.15) is 6.04 Å². The Bertz CT molecular complexity index is 1040. The van der Waals surface area contributed by atoms with Crippen molar-refractivity contribution < 1.29 is 43.3 Å². The molecule has 1 atom stereocenters. The lowest BCUT2D eigenvalue weighted by atomic mass is 10.0. The Morgan fingerprint density at radius 1 is 0.972 bits per heavy atom. The van der Waals surface area contributed by atoms with Gasteiger partial charge in [-0.3, -0.25) is 39.0 Å². The normalized spacial score (nSPS) is 17.2. The number of imide groups is 2. The summed E-state index contributed by atoms with van der Waals surface area (Å²) in [5, 5.41) is 13.3. The van der Waals surface area contributed by atoms with Crippen LogP contribution in [0, 0.1) is 0 Å². The predicted octanol–water partition coefficient (Wildman–Crippen LogP) is 1.09. The second kappa shape index (κ2) is 12.9. The number of anilines is 1. The first-order valence-corrected chi connectivity index (χ1v) is 11.8. The maximum Gasteiger partial charge on any atom is 0.305 e. The summed E-state index contributed by atoms with van der Waals surface area (Å²) in [4.78, 5) is 73.2. The first-order valence-electron chi connectivity index (χ1n) is 11.8. The van der Waals surface area contributed by atoms with Gasteiger partial charge in [0.2, 0.25) is 17.7 Å². The standard InChI is InChI=1S/C24H29N3O9/c28-18(7-2-1-3-11-35-13-14-36-12-10-20(30)31)25-16-6-4-5-15-21(16)24(34)27(23(15)33)17-8-9-19(29)26-22(17)32/h4-6,17H,1-3,7-14H2,(H,25,28)(H,30,31)(H,26,29,32). The summed E-state index contributed by atoms with van der Waals surface area (Å²) in [6.45, 7) is 1.32. The number of hydrogen-bond acceptors (Lipinski definition) is 8. The molecular formula is C24H29N3O9. The topological polar surface area (TPSA) is 168 Å². The number of nitrogens with one attached hydrogen (secondary N) is 2. The van der Waals surface area contributed by atoms with Crippen LogP contribution in [-0.4, -0.2) is 78.0 Å². The molecular weight excluding hydrogens is 474 g/mol. The van der Waals surface area contributed by atoms with Crippen molar-refractivity contribution >= 4 is 41.2 Å². The molecule has 3 rings (SSSR count). The van der Waals surface area contributed by atoms with Crippen molar-refractivity contribution in [2.75, 3.05) is 31.7 Å². The largest absolute Gasteiger partial charge is 0.481 e. The van der Waals surface area contributed by atoms with Crippen molar-refractivity contribution in [2.24, 2.45) is 0 Å². The molecule has 1 fully saturated rings. The molecule has 0 aromatic heterocycles. The molecule has 12 nitrogen and oxygen atoms in total. The Morgan fingerprint density at radius 2 is 1.72 bits per heavy atom. The van der Waals surface area contributed by atoms with E-state index in [1.54, 1.807) is 6.07 Å². The quantitative estimate of drug-likeness (QED) is 0.249. The van der Waals surface area contributed by atoms with Gasteiger partial charge in [0.05, 0.1) is 43.1 Å². The second-order valence-corrected chi connectivity index (χ2v) is 8.40. The zero-order valence-electron chi connectivity index (χ0n) is 19.7. The number of carbonyl (C=O) groups is 6. The van der Waals surface area contributed by atoms with Gasteiger partial charge in [-0.2, -0.15) is 0 Å². The fourth-order valence-electron chi connectivity index (χ4n) is 3.98. The van der Waals surface area contributed by atoms with Crippen LogP contribution in [0.2, 0.25) is 0 Å². The Balaban J connectivity index is 1.42. The zero-order chi connectivity index (χ0) is 26.1. The Morgan fingerprint density at radius 3 is 2.44 bits per heavy atom. The molecule has 1 aromatic rings. The summed E-state index contributed by atoms with van der Waals surface area (Å²) in [7, 11) is 0. The van der Waals surface area contributed by atoms with Crippen LogP contribution >= 0.6 is 0 Å². The second-order valence-electron chi connectivity index (χ2n) is 8.40. The third-order valence-corrected chi connectivity index (χ3v) is 5.77. The minimum absolute atomic E-state index is 0.0268. The van der Waals surface area contributed by atoms with Crippen LogP contribution in [0.1, 0.15) is 65.7 Å². The van der Waals surface area contributed by atoms with E-state index in [2.05, 4.69) is 10.6 Å². The monoisotopic (exact) mass is 503 g/mol. The molecule has 36 heavy (non-hydrogen) atoms. The first kappa shape index (κ1) is 27.0. The molecule has 3 N–H and O–H groups in total. The fourth-order valence-corrected chi connectivity index (χ4v) is 3.98. The molecule has 0 radical (unpaired) electrons. The highest BCUT2D eigenvalue weighted by Gasteiger charge is 2.45. The van der Waals surface area contributed by atoms with Crippen LogP contribution in [0.3, 0.4) is 0 Å². The number of fused-ring (bicyclic) bond motifs is 1. The number of carboxylic acids is 1. The van der Waals surface area contributed by atoms with Crippen LogP contribution in [-0.2, 0) is 28.7 Å². The Labute approximate surface area is 207 Å². The van der Waals surface area contributed by atoms with E-state index in [9.17, 15) is 28.8 Å². The molecule has 2 aliphatic rings. The van der Waals surface area contributed by atoms with Gasteiger partial charge in [-0.25, -0.2) is 0 Å². The summed E-state index contributed by atoms with van der Waals surface area (Å²) in [5.41, 5.74) is 0.350. The zero-order valence-corrected chi connectivity index (χ0v) is 19.7. The highest BCUT2D eigenvalue weighted by molar-refractivity contribution is 6.26. The smallest absolute Gasteiger partial charge is 0.305 e. The minimum Gasteiger partial charge on any atom is -0.481 e. The van der Waals surface area contributed by atoms with E-state index in [-0.39, 0.29) is 55.0 Å². The van der Waals surface area contributed by atoms with E-state index in [4.69, 9.17) is 14.6 Å². The molecule has 1 unspecified atom stereocenters. The third kappa shape index (κ3) is 6.95. The van der Waals surface area contributed by atoms with Crippen molar-refractivity contribution in [3.8, 4) is 0 Å². The molecule has 0 spiro atoms. The number of ether oxygens (including phenoxy) is 2. The summed E-state index contributed by atoms with van der Waals surface area (Å²) >= 11 is 0. The van der Waals surface area contributed by atoms with Gasteiger partial charge in [0, 0.05) is 19.4 Å². The predicted molar refractivity (Wildman–Crippen MR) is 124 cm³/mol. The van der Waals surface area contributed by atoms with Crippen molar-refractivity contribution in [1.82, 2.24) is 10.2 Å². The van der Waals surface area contributed by atoms with Crippen LogP contribution in [0.15, 0.2) is 18.2 Å². The molecule has 0 aliphatic carbocycles. The molecule has 5 amide bonds. The van der Waals surface area contributed by atoms with E-state index in [0.29, 0.717) is 26.2 Å². The minimum atomic E-state index is -1.07. The number of piperidine rings is 1. The maximum absolute atomic E-state index is 13.0. The molecule has 0 bridgehead atoms. The summed E-state index contributed by atoms with van der Waals surface area (Å²) in [6, 6.07) is 3.48. The average Bonchev–Trinajstić information content (AvgIpc) is 3.08. The number of rotatable bonds is 14. The number of amides is 5. The lowest BCUT2D eigenvalue weighted by Gasteiger charge is -2.27. The maximum atomic E-state index is 13.0. The lowest BCUT2D eigenvalue weighted by molar-refractivity contribution is -0.138. The number of nitrogens with zero attached hydrogens (tertiary/aromatic N) is 1. The third-order valence-electron chi connectivity index (χ3n) is 5.77. The molecule has 0 saturated carbocycles. The van der Waals surface area contributed by atoms with Gasteiger partial charge in [-0.05, 0) is 31.4 Å². The summed E-state index contributed by atoms with van der Waals surface area (Å²) in [5.74, 6) is -3.67. The van der Waals surface area contributed by atoms with Crippen LogP contribution in [0.4, 0.5) is 5.69 Å². The Hall–Kier alpha value is -3.64. The van der Waals surface area contributed by atoms with Crippen LogP contribution in [0.25, 0.3) is 0 Å². The highest BCUT2D eigenvalue weighted by Crippen LogP contribution is 2.32. The SMILES string of the molecule is O=C(O)CCOCCOCCCCCC(=O)Nc1cccc2c1C(=O)N(C1CCC(=O)NC1=O)C2=O. The number of carbonyl (C=O) groups excluding carboxylic acids is 5. The van der Waals surface area contributed by atoms with Gasteiger partial charge in [-0.15, -0.1) is 0 Å². The highest BCUT2D eigenvalue weighted by atomic mass is 16.5. The van der Waals surface area contributed by atoms with E-state index >= 15 is 0 Å². The molecule has 2 aliphatic heterocycles. The molecule has 2 heterocycles. The molecule has 194 valence electrons. The van der Waals surface area contributed by atoms with Gasteiger partial charge in [-0.1, -0.05) is 12.5 Å². The Kier molecular flexibility index (Phi) is 9.65. The van der Waals surface area contributed by atoms with Crippen LogP contribution < -0.4 is 10.6 Å². The summed E-state index contributed by atoms with van der Waals surface area (Å²) < 4.78 is 10.5. The number of carboxylic acid groups (broad SMARTS) is 1. The number of unbranched alkanes of at least 4 members (excludes halogenated alkanes) is 2. The van der Waals surface area contributed by atoms with Crippen molar-refractivity contribution in [2.45, 2.75) is 51.0 Å². The van der Waals surface area contributed by atoms with Gasteiger partial charge >= 0.3 is 5.97 Å². The number of hydrogen-bond donors (Lipinski definition) is 3. The molecule has 12 heteroatoms. The van der Waals surface area contributed by atoms with Crippen molar-refractivity contribution in [3.63, 3.8) is 0 Å². The van der Waals surface area contributed by atoms with Gasteiger partial charge in [0.15, 0.2) is 0 Å².